The van der Waals surface area contributed by atoms with Gasteiger partial charge < -0.3 is 9.47 Å². The van der Waals surface area contributed by atoms with Crippen molar-refractivity contribution in [3.05, 3.63) is 65.5 Å². The molecule has 0 atom stereocenters. The maximum atomic E-state index is 13.5. The molecule has 3 aromatic rings. The summed E-state index contributed by atoms with van der Waals surface area (Å²) in [5.74, 6) is -0.607. The quantitative estimate of drug-likeness (QED) is 0.452. The second-order valence-corrected chi connectivity index (χ2v) is 5.19. The second kappa shape index (κ2) is 7.12. The van der Waals surface area contributed by atoms with Crippen LogP contribution in [0.1, 0.15) is 5.56 Å². The normalized spacial score (nSPS) is 11.3. The Balaban J connectivity index is 1.69. The van der Waals surface area contributed by atoms with Crippen LogP contribution in [0, 0.1) is 5.82 Å². The minimum Gasteiger partial charge on any atom is -0.439 e. The van der Waals surface area contributed by atoms with Crippen LogP contribution in [0.5, 0.6) is 23.3 Å². The maximum Gasteiger partial charge on any atom is 0.417 e. The highest BCUT2D eigenvalue weighted by molar-refractivity contribution is 6.28. The van der Waals surface area contributed by atoms with Crippen LogP contribution in [-0.2, 0) is 6.18 Å². The summed E-state index contributed by atoms with van der Waals surface area (Å²) < 4.78 is 61.6. The minimum atomic E-state index is -4.47. The van der Waals surface area contributed by atoms with E-state index in [1.807, 2.05) is 0 Å². The molecule has 0 aliphatic rings. The average molecular weight is 386 g/mol. The Kier molecular flexibility index (Phi) is 4.90. The molecule has 1 aromatic carbocycles. The van der Waals surface area contributed by atoms with Crippen molar-refractivity contribution in [2.45, 2.75) is 6.18 Å². The van der Waals surface area contributed by atoms with Gasteiger partial charge in [0.1, 0.15) is 11.5 Å². The van der Waals surface area contributed by atoms with E-state index in [9.17, 15) is 17.6 Å². The van der Waals surface area contributed by atoms with E-state index in [1.165, 1.54) is 24.3 Å². The summed E-state index contributed by atoms with van der Waals surface area (Å²) in [6.45, 7) is 0. The van der Waals surface area contributed by atoms with Crippen LogP contribution in [-0.4, -0.2) is 15.0 Å². The van der Waals surface area contributed by atoms with Gasteiger partial charge in [0.05, 0.1) is 11.8 Å². The van der Waals surface area contributed by atoms with E-state index in [-0.39, 0.29) is 22.8 Å². The molecular weight excluding hydrogens is 378 g/mol. The van der Waals surface area contributed by atoms with E-state index >= 15 is 0 Å². The number of aromatic nitrogens is 3. The molecule has 0 aliphatic heterocycles. The van der Waals surface area contributed by atoms with Gasteiger partial charge in [-0.05, 0) is 41.9 Å². The molecule has 0 N–H and O–H groups in total. The van der Waals surface area contributed by atoms with Crippen LogP contribution < -0.4 is 9.47 Å². The number of hydrogen-bond donors (Lipinski definition) is 0. The van der Waals surface area contributed by atoms with Crippen molar-refractivity contribution in [2.24, 2.45) is 0 Å². The third kappa shape index (κ3) is 4.37. The van der Waals surface area contributed by atoms with Crippen LogP contribution in [0.25, 0.3) is 0 Å². The molecule has 3 rings (SSSR count). The van der Waals surface area contributed by atoms with E-state index in [2.05, 4.69) is 15.0 Å². The van der Waals surface area contributed by atoms with E-state index in [4.69, 9.17) is 21.1 Å². The summed E-state index contributed by atoms with van der Waals surface area (Å²) in [6, 6.07) is 7.81. The molecule has 0 radical (unpaired) electrons. The topological polar surface area (TPSA) is 57.1 Å². The molecule has 2 aromatic heterocycles. The fourth-order valence-electron chi connectivity index (χ4n) is 1.82. The van der Waals surface area contributed by atoms with Gasteiger partial charge in [-0.2, -0.15) is 22.5 Å². The summed E-state index contributed by atoms with van der Waals surface area (Å²) in [4.78, 5) is 10.7. The Hall–Kier alpha value is -2.94. The zero-order valence-corrected chi connectivity index (χ0v) is 13.4. The number of alkyl halides is 3. The smallest absolute Gasteiger partial charge is 0.417 e. The maximum absolute atomic E-state index is 13.5. The van der Waals surface area contributed by atoms with Gasteiger partial charge in [-0.15, -0.1) is 0 Å². The summed E-state index contributed by atoms with van der Waals surface area (Å²) in [6.07, 6.45) is -2.92. The molecular formula is C16H8ClF4N3O2. The molecule has 0 saturated heterocycles. The van der Waals surface area contributed by atoms with Crippen molar-refractivity contribution >= 4 is 11.6 Å². The second-order valence-electron chi connectivity index (χ2n) is 4.85. The SMILES string of the molecule is Fc1cnc(Cl)nc1Oc1ccc(Oc2ccc(C(F)(F)F)cn2)cc1. The Labute approximate surface area is 149 Å². The van der Waals surface area contributed by atoms with Crippen LogP contribution in [0.3, 0.4) is 0 Å². The van der Waals surface area contributed by atoms with Crippen molar-refractivity contribution in [1.29, 1.82) is 0 Å². The average Bonchev–Trinajstić information content (AvgIpc) is 2.59. The van der Waals surface area contributed by atoms with Crippen LogP contribution >= 0.6 is 11.6 Å². The van der Waals surface area contributed by atoms with E-state index in [0.29, 0.717) is 11.9 Å². The van der Waals surface area contributed by atoms with Gasteiger partial charge in [-0.1, -0.05) is 0 Å². The standard InChI is InChI=1S/C16H8ClF4N3O2/c17-15-23-8-12(18)14(24-15)26-11-4-2-10(3-5-11)25-13-6-1-9(7-22-13)16(19,20)21/h1-8H. The number of rotatable bonds is 4. The van der Waals surface area contributed by atoms with Crippen molar-refractivity contribution in [2.75, 3.05) is 0 Å². The molecule has 134 valence electrons. The van der Waals surface area contributed by atoms with Crippen molar-refractivity contribution in [3.63, 3.8) is 0 Å². The number of nitrogens with zero attached hydrogens (tertiary/aromatic N) is 3. The molecule has 0 saturated carbocycles. The lowest BCUT2D eigenvalue weighted by molar-refractivity contribution is -0.137. The Morgan fingerprint density at radius 2 is 1.50 bits per heavy atom. The highest BCUT2D eigenvalue weighted by Gasteiger charge is 2.30. The molecule has 0 aliphatic carbocycles. The molecule has 0 unspecified atom stereocenters. The zero-order chi connectivity index (χ0) is 18.7. The molecule has 26 heavy (non-hydrogen) atoms. The van der Waals surface area contributed by atoms with Crippen molar-refractivity contribution in [3.8, 4) is 23.3 Å². The summed E-state index contributed by atoms with van der Waals surface area (Å²) in [5.41, 5.74) is -0.876. The first kappa shape index (κ1) is 17.9. The minimum absolute atomic E-state index is 0.0136. The van der Waals surface area contributed by atoms with Crippen LogP contribution in [0.2, 0.25) is 5.28 Å². The Morgan fingerprint density at radius 1 is 0.846 bits per heavy atom. The van der Waals surface area contributed by atoms with Crippen LogP contribution in [0.15, 0.2) is 48.8 Å². The number of pyridine rings is 1. The van der Waals surface area contributed by atoms with Crippen molar-refractivity contribution < 1.29 is 27.0 Å². The number of halogens is 5. The van der Waals surface area contributed by atoms with Gasteiger partial charge >= 0.3 is 6.18 Å². The fraction of sp³-hybridized carbons (Fsp3) is 0.0625. The Bertz CT molecular complexity index is 903. The molecule has 0 bridgehead atoms. The number of hydrogen-bond acceptors (Lipinski definition) is 5. The predicted molar refractivity (Wildman–Crippen MR) is 82.8 cm³/mol. The molecule has 0 spiro atoms. The van der Waals surface area contributed by atoms with Gasteiger partial charge in [0.15, 0.2) is 0 Å². The monoisotopic (exact) mass is 385 g/mol. The first-order valence-corrected chi connectivity index (χ1v) is 7.36. The lowest BCUT2D eigenvalue weighted by Gasteiger charge is -2.09. The van der Waals surface area contributed by atoms with Gasteiger partial charge in [0, 0.05) is 12.3 Å². The third-order valence-electron chi connectivity index (χ3n) is 3.01. The Morgan fingerprint density at radius 3 is 2.08 bits per heavy atom. The molecule has 2 heterocycles. The van der Waals surface area contributed by atoms with E-state index < -0.39 is 17.6 Å². The predicted octanol–water partition coefficient (Wildman–Crippen LogP) is 5.27. The zero-order valence-electron chi connectivity index (χ0n) is 12.7. The fourth-order valence-corrected chi connectivity index (χ4v) is 1.94. The van der Waals surface area contributed by atoms with Crippen LogP contribution in [0.4, 0.5) is 17.6 Å². The number of benzene rings is 1. The molecule has 10 heteroatoms. The lowest BCUT2D eigenvalue weighted by atomic mass is 10.3. The van der Waals surface area contributed by atoms with E-state index in [1.54, 1.807) is 0 Å². The van der Waals surface area contributed by atoms with Gasteiger partial charge in [0.2, 0.25) is 17.0 Å². The first-order valence-electron chi connectivity index (χ1n) is 6.98. The van der Waals surface area contributed by atoms with Gasteiger partial charge in [-0.25, -0.2) is 9.97 Å². The number of ether oxygens (including phenoxy) is 2. The lowest BCUT2D eigenvalue weighted by Crippen LogP contribution is -2.05. The highest BCUT2D eigenvalue weighted by Crippen LogP contribution is 2.30. The van der Waals surface area contributed by atoms with Gasteiger partial charge in [0.25, 0.3) is 5.88 Å². The highest BCUT2D eigenvalue weighted by atomic mass is 35.5. The summed E-state index contributed by atoms with van der Waals surface area (Å²) in [5, 5.41) is -0.172. The summed E-state index contributed by atoms with van der Waals surface area (Å²) in [7, 11) is 0. The first-order chi connectivity index (χ1) is 12.3. The third-order valence-corrected chi connectivity index (χ3v) is 3.19. The van der Waals surface area contributed by atoms with Crippen molar-refractivity contribution in [1.82, 2.24) is 15.0 Å². The van der Waals surface area contributed by atoms with E-state index in [0.717, 1.165) is 18.3 Å². The summed E-state index contributed by atoms with van der Waals surface area (Å²) >= 11 is 5.57. The molecule has 0 fully saturated rings. The van der Waals surface area contributed by atoms with Gasteiger partial charge in [-0.3, -0.25) is 0 Å². The molecule has 0 amide bonds. The molecule has 5 nitrogen and oxygen atoms in total. The largest absolute Gasteiger partial charge is 0.439 e.